The average molecular weight is 222 g/mol. The highest BCUT2D eigenvalue weighted by Crippen LogP contribution is 2.32. The Bertz CT molecular complexity index is 556. The summed E-state index contributed by atoms with van der Waals surface area (Å²) in [6.45, 7) is -3.81. The molecule has 0 atom stereocenters. The normalized spacial score (nSPS) is 20.6. The minimum absolute atomic E-state index is 0.402. The van der Waals surface area contributed by atoms with Crippen LogP contribution in [0.25, 0.3) is 5.70 Å². The molecular formula is C9H9BF2N4. The first-order chi connectivity index (χ1) is 7.66. The Morgan fingerprint density at radius 3 is 3.00 bits per heavy atom. The Morgan fingerprint density at radius 1 is 1.44 bits per heavy atom. The summed E-state index contributed by atoms with van der Waals surface area (Å²) in [5.41, 5.74) is 3.78. The molecule has 0 spiro atoms. The number of nitrogens with two attached hydrogens (primary N) is 1. The number of hydrogen-bond donors (Lipinski definition) is 2. The smallest absolute Gasteiger partial charge is 0.395 e. The van der Waals surface area contributed by atoms with Gasteiger partial charge in [-0.05, 0) is 18.3 Å². The first-order valence-corrected chi connectivity index (χ1v) is 4.87. The summed E-state index contributed by atoms with van der Waals surface area (Å²) in [5.74, 6) is 5.39. The van der Waals surface area contributed by atoms with Crippen LogP contribution in [0.15, 0.2) is 36.2 Å². The number of hydrogen-bond acceptors (Lipinski definition) is 2. The molecule has 2 aliphatic rings. The number of halogens is 2. The number of hydrazine groups is 1. The molecule has 0 fully saturated rings. The quantitative estimate of drug-likeness (QED) is 0.413. The molecule has 3 N–H and O–H groups in total. The van der Waals surface area contributed by atoms with Gasteiger partial charge in [0.2, 0.25) is 0 Å². The van der Waals surface area contributed by atoms with Crippen molar-refractivity contribution in [1.82, 2.24) is 9.90 Å². The van der Waals surface area contributed by atoms with Crippen molar-refractivity contribution in [2.45, 2.75) is 0 Å². The molecule has 0 aliphatic carbocycles. The Morgan fingerprint density at radius 2 is 2.25 bits per heavy atom. The molecule has 0 unspecified atom stereocenters. The highest BCUT2D eigenvalue weighted by molar-refractivity contribution is 6.57. The maximum atomic E-state index is 14.1. The number of fused-ring (bicyclic) bond motifs is 2. The number of rotatable bonds is 1. The molecule has 1 aromatic rings. The second-order valence-electron chi connectivity index (χ2n) is 3.71. The van der Waals surface area contributed by atoms with Gasteiger partial charge in [-0.1, -0.05) is 0 Å². The van der Waals surface area contributed by atoms with Crippen molar-refractivity contribution in [3.63, 3.8) is 0 Å². The predicted molar refractivity (Wildman–Crippen MR) is 57.5 cm³/mol. The standard InChI is InChI=1S/C9H9BF2N4/c11-10(12)15-5-1-3-7(15)9(14-13)8-4-2-6-16(8)10/h1-6,14H,13H2. The molecule has 7 heteroatoms. The fraction of sp³-hybridized carbons (Fsp3) is 0. The van der Waals surface area contributed by atoms with Crippen LogP contribution in [0.3, 0.4) is 0 Å². The summed E-state index contributed by atoms with van der Waals surface area (Å²) >= 11 is 0. The number of aromatic nitrogens is 1. The van der Waals surface area contributed by atoms with Gasteiger partial charge in [0.1, 0.15) is 11.9 Å². The van der Waals surface area contributed by atoms with Crippen LogP contribution in [0.5, 0.6) is 0 Å². The summed E-state index contributed by atoms with van der Waals surface area (Å²) in [6.07, 6.45) is 5.90. The van der Waals surface area contributed by atoms with Crippen molar-refractivity contribution in [3.8, 4) is 0 Å². The second-order valence-corrected chi connectivity index (χ2v) is 3.71. The lowest BCUT2D eigenvalue weighted by molar-refractivity contribution is -0.356. The molecule has 4 nitrogen and oxygen atoms in total. The van der Waals surface area contributed by atoms with E-state index >= 15 is 0 Å². The molecule has 0 saturated heterocycles. The summed E-state index contributed by atoms with van der Waals surface area (Å²) in [5, 5.41) is 0. The third-order valence-corrected chi connectivity index (χ3v) is 2.88. The van der Waals surface area contributed by atoms with Gasteiger partial charge in [-0.15, -0.1) is 0 Å². The zero-order chi connectivity index (χ0) is 11.3. The third-order valence-electron chi connectivity index (χ3n) is 2.88. The molecule has 0 aromatic carbocycles. The van der Waals surface area contributed by atoms with Gasteiger partial charge in [0, 0.05) is 17.8 Å². The van der Waals surface area contributed by atoms with Crippen molar-refractivity contribution in [2.75, 3.05) is 0 Å². The number of allylic oxidation sites excluding steroid dienone is 2. The fourth-order valence-electron chi connectivity index (χ4n) is 2.17. The van der Waals surface area contributed by atoms with Crippen molar-refractivity contribution < 1.29 is 13.1 Å². The van der Waals surface area contributed by atoms with Gasteiger partial charge in [-0.2, -0.15) is 0 Å². The third kappa shape index (κ3) is 0.930. The van der Waals surface area contributed by atoms with Crippen LogP contribution < -0.4 is 11.3 Å². The minimum Gasteiger partial charge on any atom is -0.395 e. The summed E-state index contributed by atoms with van der Waals surface area (Å²) in [6, 6.07) is 3.19. The SMILES string of the molecule is NNC1=C2C=CC=[N+]2[B-](F)(F)n2cccc21. The van der Waals surface area contributed by atoms with E-state index in [9.17, 15) is 8.63 Å². The largest absolute Gasteiger partial charge is 0.737 e. The van der Waals surface area contributed by atoms with Crippen LogP contribution in [-0.4, -0.2) is 22.1 Å². The number of nitrogens with one attached hydrogen (secondary N) is 1. The van der Waals surface area contributed by atoms with Crippen LogP contribution in [0.2, 0.25) is 0 Å². The van der Waals surface area contributed by atoms with Crippen molar-refractivity contribution in [2.24, 2.45) is 5.84 Å². The average Bonchev–Trinajstić information content (AvgIpc) is 2.85. The molecule has 0 amide bonds. The monoisotopic (exact) mass is 222 g/mol. The number of nitrogens with zero attached hydrogens (tertiary/aromatic N) is 2. The lowest BCUT2D eigenvalue weighted by Gasteiger charge is -2.30. The van der Waals surface area contributed by atoms with Crippen molar-refractivity contribution in [1.29, 1.82) is 0 Å². The molecule has 3 rings (SSSR count). The first-order valence-electron chi connectivity index (χ1n) is 4.87. The predicted octanol–water partition coefficient (Wildman–Crippen LogP) is 0.509. The van der Waals surface area contributed by atoms with E-state index in [2.05, 4.69) is 5.43 Å². The van der Waals surface area contributed by atoms with Gasteiger partial charge in [0.15, 0.2) is 5.70 Å². The highest BCUT2D eigenvalue weighted by atomic mass is 19.2. The fourth-order valence-corrected chi connectivity index (χ4v) is 2.17. The van der Waals surface area contributed by atoms with Gasteiger partial charge >= 0.3 is 6.97 Å². The molecule has 0 saturated carbocycles. The Hall–Kier alpha value is -1.89. The van der Waals surface area contributed by atoms with Crippen molar-refractivity contribution >= 4 is 18.9 Å². The van der Waals surface area contributed by atoms with E-state index < -0.39 is 6.97 Å². The van der Waals surface area contributed by atoms with Gasteiger partial charge in [-0.25, -0.2) is 0 Å². The second kappa shape index (κ2) is 2.82. The van der Waals surface area contributed by atoms with E-state index in [1.807, 2.05) is 0 Å². The summed E-state index contributed by atoms with van der Waals surface area (Å²) in [4.78, 5) is 0. The summed E-state index contributed by atoms with van der Waals surface area (Å²) < 4.78 is 30.0. The Balaban J connectivity index is 2.35. The van der Waals surface area contributed by atoms with E-state index in [0.717, 1.165) is 8.96 Å². The van der Waals surface area contributed by atoms with Gasteiger partial charge in [-0.3, -0.25) is 5.84 Å². The van der Waals surface area contributed by atoms with Crippen LogP contribution in [-0.2, 0) is 0 Å². The van der Waals surface area contributed by atoms with Crippen molar-refractivity contribution in [3.05, 3.63) is 41.9 Å². The highest BCUT2D eigenvalue weighted by Gasteiger charge is 2.51. The van der Waals surface area contributed by atoms with Gasteiger partial charge in [0.05, 0.1) is 0 Å². The molecule has 0 bridgehead atoms. The molecule has 82 valence electrons. The van der Waals surface area contributed by atoms with Gasteiger partial charge < -0.3 is 23.0 Å². The first kappa shape index (κ1) is 9.35. The zero-order valence-corrected chi connectivity index (χ0v) is 8.27. The lowest BCUT2D eigenvalue weighted by atomic mass is 9.91. The van der Waals surface area contributed by atoms with Gasteiger partial charge in [0.25, 0.3) is 0 Å². The van der Waals surface area contributed by atoms with Crippen LogP contribution >= 0.6 is 0 Å². The van der Waals surface area contributed by atoms with Crippen LogP contribution in [0.4, 0.5) is 8.63 Å². The van der Waals surface area contributed by atoms with E-state index in [1.165, 1.54) is 12.4 Å². The van der Waals surface area contributed by atoms with E-state index in [0.29, 0.717) is 17.1 Å². The molecule has 1 aromatic heterocycles. The maximum absolute atomic E-state index is 14.1. The molecular weight excluding hydrogens is 213 g/mol. The van der Waals surface area contributed by atoms with Crippen LogP contribution in [0.1, 0.15) is 5.69 Å². The zero-order valence-electron chi connectivity index (χ0n) is 8.27. The molecule has 16 heavy (non-hydrogen) atoms. The Kier molecular flexibility index (Phi) is 1.65. The molecule has 3 heterocycles. The molecule has 0 radical (unpaired) electrons. The summed E-state index contributed by atoms with van der Waals surface area (Å²) in [7, 11) is 0. The minimum atomic E-state index is -3.81. The topological polar surface area (TPSA) is 46.0 Å². The van der Waals surface area contributed by atoms with E-state index in [4.69, 9.17) is 5.84 Å². The Labute approximate surface area is 90.4 Å². The molecule has 2 aliphatic heterocycles. The lowest BCUT2D eigenvalue weighted by Crippen LogP contribution is -2.50. The maximum Gasteiger partial charge on any atom is 0.737 e. The van der Waals surface area contributed by atoms with E-state index in [-0.39, 0.29) is 0 Å². The van der Waals surface area contributed by atoms with Crippen LogP contribution in [0, 0.1) is 0 Å². The van der Waals surface area contributed by atoms with E-state index in [1.54, 1.807) is 24.3 Å².